The molecule has 10 heteroatoms. The van der Waals surface area contributed by atoms with E-state index >= 15 is 0 Å². The molecule has 6 nitrogen and oxygen atoms in total. The predicted octanol–water partition coefficient (Wildman–Crippen LogP) is 6.48. The van der Waals surface area contributed by atoms with Gasteiger partial charge in [0, 0.05) is 41.8 Å². The molecule has 1 N–H and O–H groups in total. The Morgan fingerprint density at radius 3 is 2.46 bits per heavy atom. The SMILES string of the molecule is CCc1nc2sc(C)cn2c1C(=O)NCc1ccc(C2CC3(C2)CN(c2ccc(OC(F)(F)F)cc2)C3)cc1. The lowest BCUT2D eigenvalue weighted by atomic mass is 9.56. The van der Waals surface area contributed by atoms with Crippen LogP contribution in [0.25, 0.3) is 4.96 Å². The van der Waals surface area contributed by atoms with E-state index in [4.69, 9.17) is 0 Å². The molecule has 1 spiro atoms. The minimum atomic E-state index is -4.68. The Morgan fingerprint density at radius 2 is 1.82 bits per heavy atom. The number of benzene rings is 2. The molecule has 2 aromatic heterocycles. The van der Waals surface area contributed by atoms with Crippen LogP contribution in [0, 0.1) is 12.3 Å². The minimum absolute atomic E-state index is 0.112. The van der Waals surface area contributed by atoms with E-state index in [0.29, 0.717) is 24.6 Å². The number of hydrogen-bond donors (Lipinski definition) is 1. The fourth-order valence-corrected chi connectivity index (χ4v) is 6.79. The van der Waals surface area contributed by atoms with Gasteiger partial charge in [-0.3, -0.25) is 9.20 Å². The van der Waals surface area contributed by atoms with E-state index in [1.807, 2.05) is 24.4 Å². The van der Waals surface area contributed by atoms with E-state index in [0.717, 1.165) is 52.7 Å². The second-order valence-corrected chi connectivity index (χ2v) is 11.9. The molecule has 3 heterocycles. The van der Waals surface area contributed by atoms with Gasteiger partial charge >= 0.3 is 6.36 Å². The zero-order valence-electron chi connectivity index (χ0n) is 21.7. The molecular formula is C29H29F3N4O2S. The van der Waals surface area contributed by atoms with Crippen LogP contribution >= 0.6 is 11.3 Å². The van der Waals surface area contributed by atoms with Crippen LogP contribution in [-0.4, -0.2) is 34.7 Å². The van der Waals surface area contributed by atoms with Crippen LogP contribution in [0.2, 0.25) is 0 Å². The van der Waals surface area contributed by atoms with Crippen molar-refractivity contribution in [2.45, 2.75) is 51.9 Å². The molecule has 1 amide bonds. The third kappa shape index (κ3) is 5.09. The van der Waals surface area contributed by atoms with Gasteiger partial charge in [-0.15, -0.1) is 24.5 Å². The highest BCUT2D eigenvalue weighted by Gasteiger charge is 2.52. The van der Waals surface area contributed by atoms with E-state index in [-0.39, 0.29) is 17.1 Å². The number of carbonyl (C=O) groups is 1. The monoisotopic (exact) mass is 554 g/mol. The van der Waals surface area contributed by atoms with Crippen molar-refractivity contribution in [2.24, 2.45) is 5.41 Å². The van der Waals surface area contributed by atoms with Crippen molar-refractivity contribution in [3.8, 4) is 5.75 Å². The van der Waals surface area contributed by atoms with Crippen molar-refractivity contribution in [1.82, 2.24) is 14.7 Å². The molecule has 1 aliphatic carbocycles. The summed E-state index contributed by atoms with van der Waals surface area (Å²) < 4.78 is 43.0. The predicted molar refractivity (Wildman–Crippen MR) is 145 cm³/mol. The van der Waals surface area contributed by atoms with Gasteiger partial charge in [-0.2, -0.15) is 0 Å². The maximum Gasteiger partial charge on any atom is 0.573 e. The Morgan fingerprint density at radius 1 is 1.13 bits per heavy atom. The average molecular weight is 555 g/mol. The first-order chi connectivity index (χ1) is 18.6. The molecule has 6 rings (SSSR count). The van der Waals surface area contributed by atoms with Crippen molar-refractivity contribution in [3.63, 3.8) is 0 Å². The number of hydrogen-bond acceptors (Lipinski definition) is 5. The number of ether oxygens (including phenoxy) is 1. The summed E-state index contributed by atoms with van der Waals surface area (Å²) in [5.74, 6) is 0.196. The number of alkyl halides is 3. The van der Waals surface area contributed by atoms with Crippen molar-refractivity contribution < 1.29 is 22.7 Å². The normalized spacial score (nSPS) is 16.8. The Balaban J connectivity index is 0.998. The molecule has 2 fully saturated rings. The number of anilines is 1. The molecule has 39 heavy (non-hydrogen) atoms. The van der Waals surface area contributed by atoms with Gasteiger partial charge in [0.05, 0.1) is 5.69 Å². The number of aryl methyl sites for hydroxylation is 2. The summed E-state index contributed by atoms with van der Waals surface area (Å²) in [6.07, 6.45) is 0.198. The third-order valence-corrected chi connectivity index (χ3v) is 8.71. The van der Waals surface area contributed by atoms with Crippen LogP contribution in [0.3, 0.4) is 0 Å². The molecular weight excluding hydrogens is 525 g/mol. The number of aromatic nitrogens is 2. The molecule has 2 aromatic carbocycles. The maximum atomic E-state index is 13.0. The van der Waals surface area contributed by atoms with Gasteiger partial charge in [0.1, 0.15) is 11.4 Å². The van der Waals surface area contributed by atoms with Crippen LogP contribution in [0.4, 0.5) is 18.9 Å². The van der Waals surface area contributed by atoms with Crippen LogP contribution in [-0.2, 0) is 13.0 Å². The van der Waals surface area contributed by atoms with Gasteiger partial charge < -0.3 is 15.0 Å². The summed E-state index contributed by atoms with van der Waals surface area (Å²) in [4.78, 5) is 21.8. The second kappa shape index (κ2) is 9.59. The summed E-state index contributed by atoms with van der Waals surface area (Å²) in [6.45, 7) is 6.30. The third-order valence-electron chi connectivity index (χ3n) is 7.82. The summed E-state index contributed by atoms with van der Waals surface area (Å²) in [6, 6.07) is 14.6. The summed E-state index contributed by atoms with van der Waals surface area (Å²) in [7, 11) is 0. The van der Waals surface area contributed by atoms with Gasteiger partial charge in [0.2, 0.25) is 0 Å². The first-order valence-corrected chi connectivity index (χ1v) is 13.9. The van der Waals surface area contributed by atoms with Gasteiger partial charge in [-0.1, -0.05) is 31.2 Å². The van der Waals surface area contributed by atoms with Crippen LogP contribution < -0.4 is 15.0 Å². The van der Waals surface area contributed by atoms with Crippen molar-refractivity contribution in [3.05, 3.63) is 82.1 Å². The van der Waals surface area contributed by atoms with Crippen LogP contribution in [0.1, 0.15) is 57.9 Å². The van der Waals surface area contributed by atoms with E-state index < -0.39 is 6.36 Å². The molecule has 204 valence electrons. The first-order valence-electron chi connectivity index (χ1n) is 13.1. The van der Waals surface area contributed by atoms with Crippen LogP contribution in [0.15, 0.2) is 54.7 Å². The second-order valence-electron chi connectivity index (χ2n) is 10.7. The van der Waals surface area contributed by atoms with E-state index in [1.54, 1.807) is 23.5 Å². The molecule has 2 aliphatic rings. The number of rotatable bonds is 7. The highest BCUT2D eigenvalue weighted by molar-refractivity contribution is 7.17. The number of thiazole rings is 1. The number of halogens is 3. The van der Waals surface area contributed by atoms with Gasteiger partial charge in [0.15, 0.2) is 4.96 Å². The quantitative estimate of drug-likeness (QED) is 0.284. The fourth-order valence-electron chi connectivity index (χ4n) is 5.95. The van der Waals surface area contributed by atoms with Crippen molar-refractivity contribution in [1.29, 1.82) is 0 Å². The molecule has 0 unspecified atom stereocenters. The lowest BCUT2D eigenvalue weighted by Crippen LogP contribution is -2.61. The zero-order chi connectivity index (χ0) is 27.4. The summed E-state index contributed by atoms with van der Waals surface area (Å²) in [5, 5.41) is 3.06. The Kier molecular flexibility index (Phi) is 6.32. The highest BCUT2D eigenvalue weighted by atomic mass is 32.1. The van der Waals surface area contributed by atoms with Gasteiger partial charge in [0.25, 0.3) is 5.91 Å². The number of carbonyl (C=O) groups excluding carboxylic acids is 1. The number of nitrogens with one attached hydrogen (secondary N) is 1. The number of fused-ring (bicyclic) bond motifs is 1. The summed E-state index contributed by atoms with van der Waals surface area (Å²) >= 11 is 1.58. The Hall–Kier alpha value is -3.53. The molecule has 4 aromatic rings. The van der Waals surface area contributed by atoms with Crippen molar-refractivity contribution >= 4 is 27.9 Å². The minimum Gasteiger partial charge on any atom is -0.406 e. The lowest BCUT2D eigenvalue weighted by molar-refractivity contribution is -0.274. The Labute approximate surface area is 228 Å². The summed E-state index contributed by atoms with van der Waals surface area (Å²) in [5.41, 5.74) is 4.99. The molecule has 1 saturated heterocycles. The van der Waals surface area contributed by atoms with Crippen LogP contribution in [0.5, 0.6) is 5.75 Å². The molecule has 0 atom stereocenters. The Bertz CT molecular complexity index is 1490. The standard InChI is InChI=1S/C29H29F3N4O2S/c1-3-24-25(36-15-18(2)39-27(36)34-24)26(37)33-14-19-4-6-20(7-5-19)21-12-28(13-21)16-35(17-28)22-8-10-23(11-9-22)38-29(30,31)32/h4-11,15,21H,3,12-14,16-17H2,1-2H3,(H,33,37). The fraction of sp³-hybridized carbons (Fsp3) is 0.379. The van der Waals surface area contributed by atoms with Gasteiger partial charge in [-0.05, 0) is 67.5 Å². The van der Waals surface area contributed by atoms with Crippen molar-refractivity contribution in [2.75, 3.05) is 18.0 Å². The lowest BCUT2D eigenvalue weighted by Gasteiger charge is -2.60. The number of nitrogens with zero attached hydrogens (tertiary/aromatic N) is 3. The smallest absolute Gasteiger partial charge is 0.406 e. The topological polar surface area (TPSA) is 58.9 Å². The zero-order valence-corrected chi connectivity index (χ0v) is 22.5. The molecule has 0 bridgehead atoms. The molecule has 1 aliphatic heterocycles. The molecule has 0 radical (unpaired) electrons. The largest absolute Gasteiger partial charge is 0.573 e. The van der Waals surface area contributed by atoms with E-state index in [2.05, 4.69) is 44.2 Å². The molecule has 1 saturated carbocycles. The first kappa shape index (κ1) is 25.7. The van der Waals surface area contributed by atoms with E-state index in [9.17, 15) is 18.0 Å². The number of amides is 1. The van der Waals surface area contributed by atoms with E-state index in [1.165, 1.54) is 17.7 Å². The number of imidazole rings is 1. The highest BCUT2D eigenvalue weighted by Crippen LogP contribution is 2.56. The maximum absolute atomic E-state index is 13.0. The van der Waals surface area contributed by atoms with Gasteiger partial charge in [-0.25, -0.2) is 4.98 Å². The average Bonchev–Trinajstić information content (AvgIpc) is 3.37.